The highest BCUT2D eigenvalue weighted by atomic mass is 16.5. The average molecular weight is 346 g/mol. The Morgan fingerprint density at radius 2 is 1.96 bits per heavy atom. The Hall–Kier alpha value is -1.69. The van der Waals surface area contributed by atoms with Gasteiger partial charge in [-0.1, -0.05) is 20.8 Å². The quantitative estimate of drug-likeness (QED) is 0.838. The van der Waals surface area contributed by atoms with Crippen LogP contribution in [0, 0.1) is 5.92 Å². The number of anilines is 1. The molecule has 6 heteroatoms. The third-order valence-corrected chi connectivity index (χ3v) is 4.79. The predicted molar refractivity (Wildman–Crippen MR) is 97.6 cm³/mol. The van der Waals surface area contributed by atoms with E-state index in [1.54, 1.807) is 7.11 Å². The van der Waals surface area contributed by atoms with E-state index in [4.69, 9.17) is 9.72 Å². The van der Waals surface area contributed by atoms with Crippen molar-refractivity contribution in [2.75, 3.05) is 38.2 Å². The Bertz CT molecular complexity index is 622. The zero-order valence-corrected chi connectivity index (χ0v) is 15.9. The Morgan fingerprint density at radius 1 is 1.20 bits per heavy atom. The summed E-state index contributed by atoms with van der Waals surface area (Å²) < 4.78 is 5.28. The van der Waals surface area contributed by atoms with Gasteiger partial charge in [-0.15, -0.1) is 0 Å². The smallest absolute Gasteiger partial charge is 0.225 e. The zero-order chi connectivity index (χ0) is 18.0. The van der Waals surface area contributed by atoms with Crippen LogP contribution in [0.4, 0.5) is 5.82 Å². The fourth-order valence-corrected chi connectivity index (χ4v) is 3.16. The van der Waals surface area contributed by atoms with Crippen LogP contribution in [0.2, 0.25) is 0 Å². The maximum atomic E-state index is 12.3. The van der Waals surface area contributed by atoms with Crippen LogP contribution >= 0.6 is 0 Å². The van der Waals surface area contributed by atoms with E-state index in [1.807, 2.05) is 11.0 Å². The van der Waals surface area contributed by atoms with E-state index < -0.39 is 0 Å². The number of hydrogen-bond donors (Lipinski definition) is 0. The number of rotatable bonds is 4. The van der Waals surface area contributed by atoms with Crippen LogP contribution in [0.5, 0.6) is 0 Å². The maximum absolute atomic E-state index is 12.3. The first kappa shape index (κ1) is 18.1. The molecule has 0 bridgehead atoms. The van der Waals surface area contributed by atoms with Crippen molar-refractivity contribution in [3.05, 3.63) is 17.6 Å². The van der Waals surface area contributed by atoms with Crippen LogP contribution in [-0.2, 0) is 21.6 Å². The number of aromatic nitrogens is 2. The van der Waals surface area contributed by atoms with Gasteiger partial charge in [0.05, 0.1) is 12.3 Å². The third kappa shape index (κ3) is 4.48. The van der Waals surface area contributed by atoms with E-state index >= 15 is 0 Å². The molecule has 2 heterocycles. The lowest BCUT2D eigenvalue weighted by Crippen LogP contribution is -2.36. The van der Waals surface area contributed by atoms with Crippen LogP contribution in [-0.4, -0.2) is 54.1 Å². The molecule has 1 aromatic rings. The van der Waals surface area contributed by atoms with Gasteiger partial charge in [-0.3, -0.25) is 4.79 Å². The number of carbonyl (C=O) groups excluding carboxylic acids is 1. The molecule has 1 amide bonds. The summed E-state index contributed by atoms with van der Waals surface area (Å²) in [6.45, 7) is 10.2. The van der Waals surface area contributed by atoms with Crippen molar-refractivity contribution < 1.29 is 9.53 Å². The molecular formula is C19H30N4O2. The van der Waals surface area contributed by atoms with Gasteiger partial charge >= 0.3 is 0 Å². The zero-order valence-electron chi connectivity index (χ0n) is 15.9. The van der Waals surface area contributed by atoms with Gasteiger partial charge in [0.1, 0.15) is 11.6 Å². The first-order valence-electron chi connectivity index (χ1n) is 9.29. The molecule has 1 saturated carbocycles. The molecule has 138 valence electrons. The van der Waals surface area contributed by atoms with E-state index in [-0.39, 0.29) is 5.41 Å². The molecule has 3 rings (SSSR count). The van der Waals surface area contributed by atoms with Gasteiger partial charge in [0.25, 0.3) is 0 Å². The van der Waals surface area contributed by atoms with Gasteiger partial charge < -0.3 is 14.5 Å². The molecule has 1 aliphatic carbocycles. The standard InChI is InChI=1S/C19H30N4O2/c1-19(2,3)18-20-15(13-25-4)12-16(21-18)22-8-5-9-23(11-10-22)17(24)14-6-7-14/h12,14H,5-11,13H2,1-4H3. The third-order valence-electron chi connectivity index (χ3n) is 4.79. The van der Waals surface area contributed by atoms with Crippen molar-refractivity contribution in [3.8, 4) is 0 Å². The normalized spacial score (nSPS) is 19.0. The average Bonchev–Trinajstić information content (AvgIpc) is 3.40. The first-order valence-corrected chi connectivity index (χ1v) is 9.29. The Balaban J connectivity index is 1.77. The lowest BCUT2D eigenvalue weighted by Gasteiger charge is -2.25. The van der Waals surface area contributed by atoms with Gasteiger partial charge in [0, 0.05) is 50.7 Å². The summed E-state index contributed by atoms with van der Waals surface area (Å²) in [5.41, 5.74) is 0.797. The molecule has 0 aromatic carbocycles. The molecule has 0 radical (unpaired) electrons. The first-order chi connectivity index (χ1) is 11.9. The minimum atomic E-state index is -0.113. The summed E-state index contributed by atoms with van der Waals surface area (Å²) in [7, 11) is 1.69. The fraction of sp³-hybridized carbons (Fsp3) is 0.737. The van der Waals surface area contributed by atoms with Crippen molar-refractivity contribution in [1.82, 2.24) is 14.9 Å². The van der Waals surface area contributed by atoms with Crippen LogP contribution < -0.4 is 4.90 Å². The summed E-state index contributed by atoms with van der Waals surface area (Å²) in [4.78, 5) is 26.2. The molecule has 0 unspecified atom stereocenters. The number of ether oxygens (including phenoxy) is 1. The van der Waals surface area contributed by atoms with Gasteiger partial charge in [-0.05, 0) is 19.3 Å². The minimum Gasteiger partial charge on any atom is -0.378 e. The van der Waals surface area contributed by atoms with E-state index in [0.717, 1.165) is 62.8 Å². The summed E-state index contributed by atoms with van der Waals surface area (Å²) in [6, 6.07) is 2.02. The van der Waals surface area contributed by atoms with Crippen molar-refractivity contribution in [2.45, 2.75) is 52.1 Å². The molecule has 0 spiro atoms. The highest BCUT2D eigenvalue weighted by molar-refractivity contribution is 5.81. The van der Waals surface area contributed by atoms with Crippen molar-refractivity contribution in [3.63, 3.8) is 0 Å². The molecular weight excluding hydrogens is 316 g/mol. The summed E-state index contributed by atoms with van der Waals surface area (Å²) in [6.07, 6.45) is 3.12. The number of nitrogens with zero attached hydrogens (tertiary/aromatic N) is 4. The number of amides is 1. The second-order valence-electron chi connectivity index (χ2n) is 8.16. The molecule has 25 heavy (non-hydrogen) atoms. The van der Waals surface area contributed by atoms with Crippen molar-refractivity contribution in [2.24, 2.45) is 5.92 Å². The molecule has 2 aliphatic rings. The van der Waals surface area contributed by atoms with E-state index in [1.165, 1.54) is 0 Å². The molecule has 0 atom stereocenters. The van der Waals surface area contributed by atoms with Gasteiger partial charge in [0.15, 0.2) is 0 Å². The minimum absolute atomic E-state index is 0.113. The van der Waals surface area contributed by atoms with Crippen molar-refractivity contribution in [1.29, 1.82) is 0 Å². The largest absolute Gasteiger partial charge is 0.378 e. The van der Waals surface area contributed by atoms with E-state index in [9.17, 15) is 4.79 Å². The second-order valence-corrected chi connectivity index (χ2v) is 8.16. The van der Waals surface area contributed by atoms with Crippen molar-refractivity contribution >= 4 is 11.7 Å². The maximum Gasteiger partial charge on any atom is 0.225 e. The van der Waals surface area contributed by atoms with E-state index in [2.05, 4.69) is 30.7 Å². The predicted octanol–water partition coefficient (Wildman–Crippen LogP) is 2.37. The molecule has 0 N–H and O–H groups in total. The summed E-state index contributed by atoms with van der Waals surface area (Å²) in [5.74, 6) is 2.44. The van der Waals surface area contributed by atoms with Crippen LogP contribution in [0.1, 0.15) is 51.6 Å². The van der Waals surface area contributed by atoms with Gasteiger partial charge in [0.2, 0.25) is 5.91 Å². The lowest BCUT2D eigenvalue weighted by atomic mass is 9.95. The molecule has 1 saturated heterocycles. The number of carbonyl (C=O) groups is 1. The van der Waals surface area contributed by atoms with Gasteiger partial charge in [-0.2, -0.15) is 0 Å². The topological polar surface area (TPSA) is 58.6 Å². The second kappa shape index (κ2) is 7.28. The monoisotopic (exact) mass is 346 g/mol. The Labute approximate surface area is 150 Å². The van der Waals surface area contributed by atoms with Crippen LogP contribution in [0.25, 0.3) is 0 Å². The molecule has 1 aromatic heterocycles. The Kier molecular flexibility index (Phi) is 5.27. The molecule has 1 aliphatic heterocycles. The highest BCUT2D eigenvalue weighted by Crippen LogP contribution is 2.31. The molecule has 2 fully saturated rings. The number of hydrogen-bond acceptors (Lipinski definition) is 5. The highest BCUT2D eigenvalue weighted by Gasteiger charge is 2.34. The lowest BCUT2D eigenvalue weighted by molar-refractivity contribution is -0.132. The Morgan fingerprint density at radius 3 is 2.60 bits per heavy atom. The fourth-order valence-electron chi connectivity index (χ4n) is 3.16. The molecule has 6 nitrogen and oxygen atoms in total. The summed E-state index contributed by atoms with van der Waals surface area (Å²) >= 11 is 0. The van der Waals surface area contributed by atoms with Crippen LogP contribution in [0.15, 0.2) is 6.07 Å². The summed E-state index contributed by atoms with van der Waals surface area (Å²) in [5, 5.41) is 0. The van der Waals surface area contributed by atoms with Crippen LogP contribution in [0.3, 0.4) is 0 Å². The van der Waals surface area contributed by atoms with E-state index in [0.29, 0.717) is 18.4 Å². The number of methoxy groups -OCH3 is 1. The SMILES string of the molecule is COCc1cc(N2CCCN(C(=O)C3CC3)CC2)nc(C(C)(C)C)n1. The van der Waals surface area contributed by atoms with Gasteiger partial charge in [-0.25, -0.2) is 9.97 Å².